The molecule has 1 aromatic rings. The Kier molecular flexibility index (Phi) is 3.80. The number of rotatable bonds is 3. The van der Waals surface area contributed by atoms with Crippen molar-refractivity contribution in [3.05, 3.63) is 29.8 Å². The van der Waals surface area contributed by atoms with Gasteiger partial charge in [0.05, 0.1) is 13.2 Å². The van der Waals surface area contributed by atoms with E-state index in [9.17, 15) is 0 Å². The van der Waals surface area contributed by atoms with Crippen LogP contribution < -0.4 is 10.5 Å². The number of nitrogens with two attached hydrogens (primary N) is 1. The molecule has 1 aliphatic heterocycles. The molecular formula is C13H19NO2. The van der Waals surface area contributed by atoms with E-state index in [1.54, 1.807) is 0 Å². The second-order valence-corrected chi connectivity index (χ2v) is 4.26. The molecular weight excluding hydrogens is 202 g/mol. The van der Waals surface area contributed by atoms with Crippen molar-refractivity contribution in [2.75, 3.05) is 13.2 Å². The lowest BCUT2D eigenvalue weighted by Gasteiger charge is -2.25. The van der Waals surface area contributed by atoms with E-state index in [0.717, 1.165) is 37.4 Å². The molecule has 0 saturated carbocycles. The molecule has 0 aromatic heterocycles. The topological polar surface area (TPSA) is 44.5 Å². The van der Waals surface area contributed by atoms with Gasteiger partial charge in [-0.05, 0) is 13.0 Å². The van der Waals surface area contributed by atoms with E-state index < -0.39 is 0 Å². The zero-order valence-corrected chi connectivity index (χ0v) is 9.69. The Morgan fingerprint density at radius 3 is 2.69 bits per heavy atom. The van der Waals surface area contributed by atoms with Crippen molar-refractivity contribution >= 4 is 0 Å². The van der Waals surface area contributed by atoms with E-state index in [1.807, 2.05) is 31.2 Å². The average Bonchev–Trinajstić information content (AvgIpc) is 2.31. The van der Waals surface area contributed by atoms with Crippen LogP contribution in [-0.4, -0.2) is 19.3 Å². The van der Waals surface area contributed by atoms with Crippen LogP contribution in [0.1, 0.15) is 31.4 Å². The zero-order valence-electron chi connectivity index (χ0n) is 9.69. The van der Waals surface area contributed by atoms with Crippen LogP contribution in [0.3, 0.4) is 0 Å². The van der Waals surface area contributed by atoms with Gasteiger partial charge in [0.15, 0.2) is 0 Å². The first-order valence-electron chi connectivity index (χ1n) is 5.86. The number of hydrogen-bond donors (Lipinski definition) is 1. The molecule has 0 amide bonds. The van der Waals surface area contributed by atoms with E-state index in [4.69, 9.17) is 15.2 Å². The molecule has 1 heterocycles. The summed E-state index contributed by atoms with van der Waals surface area (Å²) in [6.07, 6.45) is 2.20. The standard InChI is InChI=1S/C13H19NO2/c1-10(14)12-4-2-3-5-13(12)16-11-6-8-15-9-7-11/h2-5,10-11H,6-9,14H2,1H3/t10-/m0/s1. The van der Waals surface area contributed by atoms with Crippen molar-refractivity contribution in [1.82, 2.24) is 0 Å². The SMILES string of the molecule is C[C@H](N)c1ccccc1OC1CCOCC1. The number of benzene rings is 1. The zero-order chi connectivity index (χ0) is 11.4. The van der Waals surface area contributed by atoms with E-state index >= 15 is 0 Å². The van der Waals surface area contributed by atoms with Gasteiger partial charge in [-0.15, -0.1) is 0 Å². The lowest BCUT2D eigenvalue weighted by molar-refractivity contribution is 0.0251. The third-order valence-corrected chi connectivity index (χ3v) is 2.87. The van der Waals surface area contributed by atoms with Crippen LogP contribution in [0.15, 0.2) is 24.3 Å². The molecule has 0 spiro atoms. The fourth-order valence-corrected chi connectivity index (χ4v) is 1.94. The van der Waals surface area contributed by atoms with Gasteiger partial charge >= 0.3 is 0 Å². The highest BCUT2D eigenvalue weighted by Gasteiger charge is 2.17. The van der Waals surface area contributed by atoms with Gasteiger partial charge in [-0.3, -0.25) is 0 Å². The summed E-state index contributed by atoms with van der Waals surface area (Å²) < 4.78 is 11.3. The molecule has 1 aliphatic rings. The van der Waals surface area contributed by atoms with E-state index in [1.165, 1.54) is 0 Å². The van der Waals surface area contributed by atoms with Crippen molar-refractivity contribution in [1.29, 1.82) is 0 Å². The van der Waals surface area contributed by atoms with Gasteiger partial charge in [0, 0.05) is 24.4 Å². The summed E-state index contributed by atoms with van der Waals surface area (Å²) >= 11 is 0. The van der Waals surface area contributed by atoms with Crippen molar-refractivity contribution in [2.45, 2.75) is 31.9 Å². The molecule has 0 bridgehead atoms. The summed E-state index contributed by atoms with van der Waals surface area (Å²) in [6.45, 7) is 3.57. The van der Waals surface area contributed by atoms with Crippen molar-refractivity contribution < 1.29 is 9.47 Å². The van der Waals surface area contributed by atoms with E-state index in [0.29, 0.717) is 0 Å². The largest absolute Gasteiger partial charge is 0.490 e. The lowest BCUT2D eigenvalue weighted by Crippen LogP contribution is -2.26. The monoisotopic (exact) mass is 221 g/mol. The Labute approximate surface area is 96.5 Å². The molecule has 1 fully saturated rings. The molecule has 88 valence electrons. The maximum Gasteiger partial charge on any atom is 0.124 e. The van der Waals surface area contributed by atoms with Crippen LogP contribution >= 0.6 is 0 Å². The number of para-hydroxylation sites is 1. The van der Waals surface area contributed by atoms with Gasteiger partial charge in [-0.2, -0.15) is 0 Å². The minimum atomic E-state index is 0.0102. The number of hydrogen-bond acceptors (Lipinski definition) is 3. The fourth-order valence-electron chi connectivity index (χ4n) is 1.94. The first kappa shape index (κ1) is 11.4. The summed E-state index contributed by atoms with van der Waals surface area (Å²) in [4.78, 5) is 0. The fraction of sp³-hybridized carbons (Fsp3) is 0.538. The average molecular weight is 221 g/mol. The van der Waals surface area contributed by atoms with E-state index in [2.05, 4.69) is 0 Å². The van der Waals surface area contributed by atoms with Gasteiger partial charge in [-0.1, -0.05) is 18.2 Å². The molecule has 0 unspecified atom stereocenters. The predicted octanol–water partition coefficient (Wildman–Crippen LogP) is 2.26. The van der Waals surface area contributed by atoms with Crippen molar-refractivity contribution in [3.8, 4) is 5.75 Å². The summed E-state index contributed by atoms with van der Waals surface area (Å²) in [5, 5.41) is 0. The maximum absolute atomic E-state index is 5.99. The molecule has 3 nitrogen and oxygen atoms in total. The number of ether oxygens (including phenoxy) is 2. The Hall–Kier alpha value is -1.06. The molecule has 3 heteroatoms. The van der Waals surface area contributed by atoms with Gasteiger partial charge in [0.25, 0.3) is 0 Å². The van der Waals surface area contributed by atoms with Crippen LogP contribution in [0.25, 0.3) is 0 Å². The Bertz CT molecular complexity index is 332. The predicted molar refractivity (Wildman–Crippen MR) is 63.5 cm³/mol. The van der Waals surface area contributed by atoms with Gasteiger partial charge < -0.3 is 15.2 Å². The quantitative estimate of drug-likeness (QED) is 0.851. The summed E-state index contributed by atoms with van der Waals surface area (Å²) in [5.74, 6) is 0.921. The third-order valence-electron chi connectivity index (χ3n) is 2.87. The second-order valence-electron chi connectivity index (χ2n) is 4.26. The van der Waals surface area contributed by atoms with Gasteiger partial charge in [0.1, 0.15) is 11.9 Å². The lowest BCUT2D eigenvalue weighted by atomic mass is 10.1. The first-order valence-corrected chi connectivity index (χ1v) is 5.86. The molecule has 1 saturated heterocycles. The van der Waals surface area contributed by atoms with Crippen LogP contribution in [0, 0.1) is 0 Å². The van der Waals surface area contributed by atoms with Crippen LogP contribution in [0.5, 0.6) is 5.75 Å². The first-order chi connectivity index (χ1) is 7.77. The Morgan fingerprint density at radius 2 is 2.00 bits per heavy atom. The highest BCUT2D eigenvalue weighted by Crippen LogP contribution is 2.26. The summed E-state index contributed by atoms with van der Waals surface area (Å²) in [7, 11) is 0. The van der Waals surface area contributed by atoms with Crippen molar-refractivity contribution in [2.24, 2.45) is 5.73 Å². The highest BCUT2D eigenvalue weighted by molar-refractivity contribution is 5.35. The highest BCUT2D eigenvalue weighted by atomic mass is 16.5. The molecule has 2 N–H and O–H groups in total. The maximum atomic E-state index is 5.99. The normalized spacial score (nSPS) is 19.4. The minimum absolute atomic E-state index is 0.0102. The Balaban J connectivity index is 2.07. The third kappa shape index (κ3) is 2.74. The van der Waals surface area contributed by atoms with Gasteiger partial charge in [0.2, 0.25) is 0 Å². The molecule has 0 radical (unpaired) electrons. The molecule has 2 rings (SSSR count). The summed E-state index contributed by atoms with van der Waals surface area (Å²) in [6, 6.07) is 8.01. The van der Waals surface area contributed by atoms with Crippen LogP contribution in [0.2, 0.25) is 0 Å². The van der Waals surface area contributed by atoms with Gasteiger partial charge in [-0.25, -0.2) is 0 Å². The van der Waals surface area contributed by atoms with Crippen LogP contribution in [0.4, 0.5) is 0 Å². The van der Waals surface area contributed by atoms with Crippen molar-refractivity contribution in [3.63, 3.8) is 0 Å². The smallest absolute Gasteiger partial charge is 0.124 e. The Morgan fingerprint density at radius 1 is 1.31 bits per heavy atom. The molecule has 1 aromatic carbocycles. The van der Waals surface area contributed by atoms with Crippen LogP contribution in [-0.2, 0) is 4.74 Å². The molecule has 1 atom stereocenters. The van der Waals surface area contributed by atoms with E-state index in [-0.39, 0.29) is 12.1 Å². The minimum Gasteiger partial charge on any atom is -0.490 e. The molecule has 16 heavy (non-hydrogen) atoms. The summed E-state index contributed by atoms with van der Waals surface area (Å²) in [5.41, 5.74) is 6.99. The second kappa shape index (κ2) is 5.32. The molecule has 0 aliphatic carbocycles.